The second-order valence-corrected chi connectivity index (χ2v) is 5.73. The molecule has 2 fully saturated rings. The highest BCUT2D eigenvalue weighted by molar-refractivity contribution is 5.85. The maximum Gasteiger partial charge on any atom is 0.140 e. The Morgan fingerprint density at radius 2 is 2.20 bits per heavy atom. The van der Waals surface area contributed by atoms with Gasteiger partial charge in [-0.3, -0.25) is 4.90 Å². The molecular weight excluding hydrogens is 297 g/mol. The molecule has 3 heterocycles. The smallest absolute Gasteiger partial charge is 0.140 e. The van der Waals surface area contributed by atoms with E-state index in [1.54, 1.807) is 6.33 Å². The second kappa shape index (κ2) is 7.59. The van der Waals surface area contributed by atoms with Gasteiger partial charge in [0, 0.05) is 19.6 Å². The van der Waals surface area contributed by atoms with Crippen LogP contribution in [-0.4, -0.2) is 45.8 Å². The van der Waals surface area contributed by atoms with Crippen molar-refractivity contribution < 1.29 is 0 Å². The Balaban J connectivity index is 0.000001000. The highest BCUT2D eigenvalue weighted by atomic mass is 35.5. The predicted octanol–water partition coefficient (Wildman–Crippen LogP) is 1.72. The molecule has 5 nitrogen and oxygen atoms in total. The van der Waals surface area contributed by atoms with Gasteiger partial charge in [-0.05, 0) is 44.7 Å². The van der Waals surface area contributed by atoms with Crippen LogP contribution in [-0.2, 0) is 13.1 Å². The van der Waals surface area contributed by atoms with Crippen LogP contribution in [0.15, 0.2) is 6.33 Å². The number of likely N-dealkylation sites (tertiary alicyclic amines) is 1. The zero-order chi connectivity index (χ0) is 12.4. The Labute approximate surface area is 133 Å². The summed E-state index contributed by atoms with van der Waals surface area (Å²) >= 11 is 0. The zero-order valence-corrected chi connectivity index (χ0v) is 13.7. The average Bonchev–Trinajstić information content (AvgIpc) is 2.99. The molecule has 2 aliphatic heterocycles. The van der Waals surface area contributed by atoms with Crippen LogP contribution in [0.3, 0.4) is 0 Å². The normalized spacial score (nSPS) is 26.2. The Morgan fingerprint density at radius 3 is 2.90 bits per heavy atom. The number of hydrogen-bond donors (Lipinski definition) is 1. The molecule has 0 radical (unpaired) electrons. The van der Waals surface area contributed by atoms with E-state index in [4.69, 9.17) is 0 Å². The molecule has 2 saturated heterocycles. The Morgan fingerprint density at radius 1 is 1.35 bits per heavy atom. The molecule has 20 heavy (non-hydrogen) atoms. The molecule has 0 bridgehead atoms. The van der Waals surface area contributed by atoms with Gasteiger partial charge in [0.15, 0.2) is 0 Å². The Bertz CT molecular complexity index is 403. The summed E-state index contributed by atoms with van der Waals surface area (Å²) in [6.07, 6.45) is 5.73. The van der Waals surface area contributed by atoms with Crippen molar-refractivity contribution >= 4 is 24.8 Å². The summed E-state index contributed by atoms with van der Waals surface area (Å²) in [7, 11) is 0. The molecular formula is C13H25Cl2N5. The number of rotatable bonds is 3. The zero-order valence-electron chi connectivity index (χ0n) is 12.0. The summed E-state index contributed by atoms with van der Waals surface area (Å²) < 4.78 is 2.00. The lowest BCUT2D eigenvalue weighted by atomic mass is 9.80. The summed E-state index contributed by atoms with van der Waals surface area (Å²) in [5.41, 5.74) is 0.537. The van der Waals surface area contributed by atoms with Crippen LogP contribution in [0.1, 0.15) is 32.0 Å². The number of halogens is 2. The summed E-state index contributed by atoms with van der Waals surface area (Å²) in [6.45, 7) is 8.81. The molecule has 116 valence electrons. The minimum atomic E-state index is 0. The lowest BCUT2D eigenvalue weighted by Gasteiger charge is -2.33. The fraction of sp³-hybridized carbons (Fsp3) is 0.846. The van der Waals surface area contributed by atoms with E-state index in [2.05, 4.69) is 27.2 Å². The first-order valence-electron chi connectivity index (χ1n) is 7.11. The molecule has 3 rings (SSSR count). The Kier molecular flexibility index (Phi) is 6.72. The lowest BCUT2D eigenvalue weighted by molar-refractivity contribution is 0.197. The van der Waals surface area contributed by atoms with Gasteiger partial charge in [-0.2, -0.15) is 5.10 Å². The van der Waals surface area contributed by atoms with Crippen LogP contribution in [0.5, 0.6) is 0 Å². The predicted molar refractivity (Wildman–Crippen MR) is 84.6 cm³/mol. The standard InChI is InChI=1S/C13H23N5.2ClH/c1-2-18-12(15-11-16-18)8-17-7-5-13(10-17)4-3-6-14-9-13;;/h11,14H,2-10H2,1H3;2*1H. The SMILES string of the molecule is CCn1ncnc1CN1CCC2(CCCNC2)C1.Cl.Cl. The van der Waals surface area contributed by atoms with Crippen molar-refractivity contribution in [1.82, 2.24) is 25.0 Å². The van der Waals surface area contributed by atoms with E-state index in [9.17, 15) is 0 Å². The minimum Gasteiger partial charge on any atom is -0.316 e. The molecule has 1 spiro atoms. The lowest BCUT2D eigenvalue weighted by Crippen LogP contribution is -2.41. The van der Waals surface area contributed by atoms with Crippen molar-refractivity contribution in [1.29, 1.82) is 0 Å². The summed E-state index contributed by atoms with van der Waals surface area (Å²) in [5.74, 6) is 1.11. The molecule has 0 aliphatic carbocycles. The van der Waals surface area contributed by atoms with Crippen molar-refractivity contribution in [3.05, 3.63) is 12.2 Å². The first-order chi connectivity index (χ1) is 8.81. The van der Waals surface area contributed by atoms with E-state index in [1.165, 1.54) is 45.4 Å². The van der Waals surface area contributed by atoms with Crippen LogP contribution in [0, 0.1) is 5.41 Å². The minimum absolute atomic E-state index is 0. The van der Waals surface area contributed by atoms with Crippen LogP contribution in [0.4, 0.5) is 0 Å². The summed E-state index contributed by atoms with van der Waals surface area (Å²) in [4.78, 5) is 6.92. The molecule has 1 aromatic heterocycles. The molecule has 1 atom stereocenters. The fourth-order valence-corrected chi connectivity index (χ4v) is 3.42. The maximum absolute atomic E-state index is 4.38. The number of nitrogens with one attached hydrogen (secondary N) is 1. The number of hydrogen-bond acceptors (Lipinski definition) is 4. The summed E-state index contributed by atoms with van der Waals surface area (Å²) in [6, 6.07) is 0. The third kappa shape index (κ3) is 3.64. The van der Waals surface area contributed by atoms with Crippen molar-refractivity contribution in [2.75, 3.05) is 26.2 Å². The van der Waals surface area contributed by atoms with Gasteiger partial charge < -0.3 is 5.32 Å². The molecule has 1 aromatic rings. The maximum atomic E-state index is 4.38. The topological polar surface area (TPSA) is 46.0 Å². The van der Waals surface area contributed by atoms with Gasteiger partial charge in [0.1, 0.15) is 12.2 Å². The van der Waals surface area contributed by atoms with Crippen LogP contribution in [0.2, 0.25) is 0 Å². The van der Waals surface area contributed by atoms with Gasteiger partial charge in [0.25, 0.3) is 0 Å². The third-order valence-electron chi connectivity index (χ3n) is 4.44. The third-order valence-corrected chi connectivity index (χ3v) is 4.44. The van der Waals surface area contributed by atoms with E-state index in [0.29, 0.717) is 5.41 Å². The largest absolute Gasteiger partial charge is 0.316 e. The van der Waals surface area contributed by atoms with E-state index >= 15 is 0 Å². The Hall–Kier alpha value is -0.360. The van der Waals surface area contributed by atoms with Crippen LogP contribution >= 0.6 is 24.8 Å². The van der Waals surface area contributed by atoms with E-state index < -0.39 is 0 Å². The van der Waals surface area contributed by atoms with E-state index in [1.807, 2.05) is 4.68 Å². The van der Waals surface area contributed by atoms with Crippen molar-refractivity contribution in [3.8, 4) is 0 Å². The van der Waals surface area contributed by atoms with E-state index in [0.717, 1.165) is 18.9 Å². The number of nitrogens with zero attached hydrogens (tertiary/aromatic N) is 4. The van der Waals surface area contributed by atoms with Crippen molar-refractivity contribution in [2.24, 2.45) is 5.41 Å². The van der Waals surface area contributed by atoms with Gasteiger partial charge in [-0.15, -0.1) is 24.8 Å². The van der Waals surface area contributed by atoms with Crippen LogP contribution < -0.4 is 5.32 Å². The molecule has 7 heteroatoms. The van der Waals surface area contributed by atoms with Gasteiger partial charge in [0.05, 0.1) is 6.54 Å². The molecule has 1 N–H and O–H groups in total. The molecule has 0 amide bonds. The van der Waals surface area contributed by atoms with Crippen LogP contribution in [0.25, 0.3) is 0 Å². The van der Waals surface area contributed by atoms with Gasteiger partial charge >= 0.3 is 0 Å². The highest BCUT2D eigenvalue weighted by Crippen LogP contribution is 2.36. The van der Waals surface area contributed by atoms with Crippen molar-refractivity contribution in [3.63, 3.8) is 0 Å². The van der Waals surface area contributed by atoms with E-state index in [-0.39, 0.29) is 24.8 Å². The first-order valence-corrected chi connectivity index (χ1v) is 7.11. The van der Waals surface area contributed by atoms with Gasteiger partial charge in [-0.1, -0.05) is 0 Å². The van der Waals surface area contributed by atoms with Gasteiger partial charge in [-0.25, -0.2) is 9.67 Å². The average molecular weight is 322 g/mol. The number of aryl methyl sites for hydroxylation is 1. The molecule has 0 aromatic carbocycles. The first kappa shape index (κ1) is 17.7. The summed E-state index contributed by atoms with van der Waals surface area (Å²) in [5, 5.41) is 7.81. The molecule has 0 saturated carbocycles. The highest BCUT2D eigenvalue weighted by Gasteiger charge is 2.38. The van der Waals surface area contributed by atoms with Crippen molar-refractivity contribution in [2.45, 2.75) is 39.3 Å². The van der Waals surface area contributed by atoms with Gasteiger partial charge in [0.2, 0.25) is 0 Å². The fourth-order valence-electron chi connectivity index (χ4n) is 3.42. The molecule has 1 unspecified atom stereocenters. The number of piperidine rings is 1. The molecule has 2 aliphatic rings. The quantitative estimate of drug-likeness (QED) is 0.920. The monoisotopic (exact) mass is 321 g/mol. The number of aromatic nitrogens is 3. The second-order valence-electron chi connectivity index (χ2n) is 5.73.